The number of nitrogen functional groups attached to an aromatic ring is 1. The minimum Gasteiger partial charge on any atom is -0.492 e. The second-order valence-corrected chi connectivity index (χ2v) is 6.38. The standard InChI is InChI=1S/C16H18N4O3S/c1-2-3-12-20-13-14(24-12)10-5-4-9(8-11(10)19-15(13)17)23-7-6-18-16(21)22/h4-5,8,18H,2-3,6-7H2,1H3,(H2,17,19)(H,21,22). The van der Waals surface area contributed by atoms with Crippen LogP contribution in [0.4, 0.5) is 10.6 Å². The Balaban J connectivity index is 1.89. The van der Waals surface area contributed by atoms with Gasteiger partial charge in [-0.3, -0.25) is 0 Å². The number of ether oxygens (including phenoxy) is 1. The number of nitrogens with one attached hydrogen (secondary N) is 1. The topological polar surface area (TPSA) is 110 Å². The molecule has 0 atom stereocenters. The van der Waals surface area contributed by atoms with Gasteiger partial charge >= 0.3 is 6.09 Å². The summed E-state index contributed by atoms with van der Waals surface area (Å²) in [6, 6.07) is 5.60. The van der Waals surface area contributed by atoms with Crippen LogP contribution in [0.1, 0.15) is 18.4 Å². The summed E-state index contributed by atoms with van der Waals surface area (Å²) < 4.78 is 6.58. The van der Waals surface area contributed by atoms with Gasteiger partial charge in [-0.1, -0.05) is 6.92 Å². The van der Waals surface area contributed by atoms with Gasteiger partial charge in [-0.15, -0.1) is 11.3 Å². The van der Waals surface area contributed by atoms with Gasteiger partial charge in [0.1, 0.15) is 17.9 Å². The Labute approximate surface area is 142 Å². The Morgan fingerprint density at radius 2 is 2.25 bits per heavy atom. The van der Waals surface area contributed by atoms with Crippen molar-refractivity contribution >= 4 is 44.4 Å². The maximum atomic E-state index is 10.4. The molecule has 3 aromatic rings. The first kappa shape index (κ1) is 16.3. The van der Waals surface area contributed by atoms with E-state index >= 15 is 0 Å². The average molecular weight is 346 g/mol. The number of carboxylic acid groups (broad SMARTS) is 1. The fourth-order valence-corrected chi connectivity index (χ4v) is 3.64. The van der Waals surface area contributed by atoms with Crippen molar-refractivity contribution < 1.29 is 14.6 Å². The summed E-state index contributed by atoms with van der Waals surface area (Å²) in [4.78, 5) is 19.4. The van der Waals surface area contributed by atoms with Crippen LogP contribution in [0.5, 0.6) is 5.75 Å². The van der Waals surface area contributed by atoms with Crippen LogP contribution in [-0.2, 0) is 6.42 Å². The zero-order valence-electron chi connectivity index (χ0n) is 13.2. The third kappa shape index (κ3) is 3.33. The van der Waals surface area contributed by atoms with Gasteiger partial charge in [-0.25, -0.2) is 14.8 Å². The van der Waals surface area contributed by atoms with Crippen LogP contribution in [0.15, 0.2) is 18.2 Å². The van der Waals surface area contributed by atoms with E-state index in [1.807, 2.05) is 18.2 Å². The van der Waals surface area contributed by atoms with E-state index in [0.29, 0.717) is 11.6 Å². The van der Waals surface area contributed by atoms with Gasteiger partial charge in [0.05, 0.1) is 21.8 Å². The maximum absolute atomic E-state index is 10.4. The van der Waals surface area contributed by atoms with Gasteiger partial charge in [-0.2, -0.15) is 0 Å². The number of rotatable bonds is 6. The zero-order valence-corrected chi connectivity index (χ0v) is 14.0. The average Bonchev–Trinajstić information content (AvgIpc) is 2.96. The van der Waals surface area contributed by atoms with Crippen LogP contribution in [0.25, 0.3) is 21.1 Å². The van der Waals surface area contributed by atoms with Crippen molar-refractivity contribution in [1.29, 1.82) is 0 Å². The van der Waals surface area contributed by atoms with Crippen LogP contribution in [0, 0.1) is 0 Å². The number of fused-ring (bicyclic) bond motifs is 3. The Bertz CT molecular complexity index is 894. The lowest BCUT2D eigenvalue weighted by Crippen LogP contribution is -2.26. The normalized spacial score (nSPS) is 11.0. The predicted octanol–water partition coefficient (Wildman–Crippen LogP) is 3.03. The second kappa shape index (κ2) is 6.88. The molecule has 0 aliphatic heterocycles. The molecular formula is C16H18N4O3S. The number of hydrogen-bond donors (Lipinski definition) is 3. The van der Waals surface area contributed by atoms with Gasteiger partial charge in [0.15, 0.2) is 5.82 Å². The Morgan fingerprint density at radius 3 is 3.00 bits per heavy atom. The summed E-state index contributed by atoms with van der Waals surface area (Å²) in [6.45, 7) is 2.59. The largest absolute Gasteiger partial charge is 0.492 e. The highest BCUT2D eigenvalue weighted by Crippen LogP contribution is 2.34. The lowest BCUT2D eigenvalue weighted by molar-refractivity contribution is 0.191. The minimum atomic E-state index is -1.07. The molecule has 0 aliphatic carbocycles. The first-order valence-electron chi connectivity index (χ1n) is 7.66. The number of thiazole rings is 1. The smallest absolute Gasteiger partial charge is 0.404 e. The molecule has 0 fully saturated rings. The summed E-state index contributed by atoms with van der Waals surface area (Å²) in [5, 5.41) is 12.8. The first-order valence-corrected chi connectivity index (χ1v) is 8.48. The number of hydrogen-bond acceptors (Lipinski definition) is 6. The van der Waals surface area contributed by atoms with E-state index in [9.17, 15) is 4.79 Å². The highest BCUT2D eigenvalue weighted by atomic mass is 32.1. The van der Waals surface area contributed by atoms with Crippen LogP contribution in [0.2, 0.25) is 0 Å². The van der Waals surface area contributed by atoms with Crippen LogP contribution < -0.4 is 15.8 Å². The summed E-state index contributed by atoms with van der Waals surface area (Å²) in [6.07, 6.45) is 0.896. The fraction of sp³-hybridized carbons (Fsp3) is 0.312. The number of amides is 1. The molecule has 2 heterocycles. The molecule has 1 amide bonds. The van der Waals surface area contributed by atoms with E-state index in [1.165, 1.54) is 0 Å². The molecule has 24 heavy (non-hydrogen) atoms. The molecular weight excluding hydrogens is 328 g/mol. The highest BCUT2D eigenvalue weighted by molar-refractivity contribution is 7.19. The van der Waals surface area contributed by atoms with E-state index in [2.05, 4.69) is 22.2 Å². The van der Waals surface area contributed by atoms with Crippen molar-refractivity contribution in [2.45, 2.75) is 19.8 Å². The molecule has 0 radical (unpaired) electrons. The summed E-state index contributed by atoms with van der Waals surface area (Å²) >= 11 is 1.65. The van der Waals surface area contributed by atoms with Crippen molar-refractivity contribution in [1.82, 2.24) is 15.3 Å². The SMILES string of the molecule is CCCc1nc2c(N)nc3cc(OCCNC(=O)O)ccc3c2s1. The molecule has 8 heteroatoms. The molecule has 0 aliphatic rings. The van der Waals surface area contributed by atoms with E-state index in [0.717, 1.165) is 39.0 Å². The van der Waals surface area contributed by atoms with Crippen LogP contribution >= 0.6 is 11.3 Å². The number of benzene rings is 1. The number of aromatic nitrogens is 2. The van der Waals surface area contributed by atoms with Gasteiger partial charge in [0, 0.05) is 11.5 Å². The fourth-order valence-electron chi connectivity index (χ4n) is 2.44. The van der Waals surface area contributed by atoms with Crippen molar-refractivity contribution in [3.8, 4) is 5.75 Å². The van der Waals surface area contributed by atoms with Crippen molar-refractivity contribution in [3.05, 3.63) is 23.2 Å². The Hall–Kier alpha value is -2.61. The van der Waals surface area contributed by atoms with E-state index in [1.54, 1.807) is 11.3 Å². The predicted molar refractivity (Wildman–Crippen MR) is 94.9 cm³/mol. The van der Waals surface area contributed by atoms with E-state index < -0.39 is 6.09 Å². The summed E-state index contributed by atoms with van der Waals surface area (Å²) in [5.41, 5.74) is 7.56. The molecule has 0 saturated carbocycles. The van der Waals surface area contributed by atoms with Crippen LogP contribution in [-0.4, -0.2) is 34.3 Å². The summed E-state index contributed by atoms with van der Waals surface area (Å²) in [7, 11) is 0. The molecule has 0 saturated heterocycles. The third-order valence-corrected chi connectivity index (χ3v) is 4.63. The second-order valence-electron chi connectivity index (χ2n) is 5.29. The van der Waals surface area contributed by atoms with Crippen molar-refractivity contribution in [2.24, 2.45) is 0 Å². The van der Waals surface area contributed by atoms with Gasteiger partial charge in [0.25, 0.3) is 0 Å². The van der Waals surface area contributed by atoms with Gasteiger partial charge in [-0.05, 0) is 25.0 Å². The number of anilines is 1. The molecule has 0 unspecified atom stereocenters. The molecule has 0 bridgehead atoms. The lowest BCUT2D eigenvalue weighted by Gasteiger charge is -2.07. The van der Waals surface area contributed by atoms with Crippen molar-refractivity contribution in [3.63, 3.8) is 0 Å². The van der Waals surface area contributed by atoms with Crippen molar-refractivity contribution in [2.75, 3.05) is 18.9 Å². The summed E-state index contributed by atoms with van der Waals surface area (Å²) in [5.74, 6) is 1.04. The number of aryl methyl sites for hydroxylation is 1. The molecule has 4 N–H and O–H groups in total. The van der Waals surface area contributed by atoms with E-state index in [-0.39, 0.29) is 13.2 Å². The maximum Gasteiger partial charge on any atom is 0.404 e. The number of pyridine rings is 1. The molecule has 126 valence electrons. The molecule has 2 aromatic heterocycles. The van der Waals surface area contributed by atoms with Gasteiger partial charge in [0.2, 0.25) is 0 Å². The third-order valence-electron chi connectivity index (χ3n) is 3.48. The first-order chi connectivity index (χ1) is 11.6. The lowest BCUT2D eigenvalue weighted by atomic mass is 10.2. The molecule has 1 aromatic carbocycles. The number of carbonyl (C=O) groups is 1. The Kier molecular flexibility index (Phi) is 4.66. The molecule has 0 spiro atoms. The van der Waals surface area contributed by atoms with E-state index in [4.69, 9.17) is 15.6 Å². The highest BCUT2D eigenvalue weighted by Gasteiger charge is 2.12. The number of nitrogens with zero attached hydrogens (tertiary/aromatic N) is 2. The van der Waals surface area contributed by atoms with Gasteiger partial charge < -0.3 is 20.9 Å². The number of nitrogens with two attached hydrogens (primary N) is 1. The monoisotopic (exact) mass is 346 g/mol. The minimum absolute atomic E-state index is 0.219. The molecule has 3 rings (SSSR count). The van der Waals surface area contributed by atoms with Crippen LogP contribution in [0.3, 0.4) is 0 Å². The zero-order chi connectivity index (χ0) is 17.1. The Morgan fingerprint density at radius 1 is 1.42 bits per heavy atom. The molecule has 7 nitrogen and oxygen atoms in total. The quantitative estimate of drug-likeness (QED) is 0.592.